The van der Waals surface area contributed by atoms with E-state index in [4.69, 9.17) is 0 Å². The lowest BCUT2D eigenvalue weighted by Crippen LogP contribution is -2.28. The maximum absolute atomic E-state index is 12.2. The number of halogens is 2. The summed E-state index contributed by atoms with van der Waals surface area (Å²) in [4.78, 5) is 0.267. The van der Waals surface area contributed by atoms with Crippen LogP contribution in [0, 0.1) is 12.8 Å². The van der Waals surface area contributed by atoms with E-state index in [9.17, 15) is 8.42 Å². The van der Waals surface area contributed by atoms with Gasteiger partial charge in [-0.15, -0.1) is 0 Å². The van der Waals surface area contributed by atoms with Crippen LogP contribution in [-0.2, 0) is 10.0 Å². The molecule has 0 radical (unpaired) electrons. The SMILES string of the molecule is CCC(C)CNS(=O)(=O)c1cc(Br)c(C)cc1Br. The molecule has 18 heavy (non-hydrogen) atoms. The van der Waals surface area contributed by atoms with Crippen LogP contribution < -0.4 is 4.72 Å². The summed E-state index contributed by atoms with van der Waals surface area (Å²) in [6, 6.07) is 3.42. The Morgan fingerprint density at radius 2 is 1.89 bits per heavy atom. The van der Waals surface area contributed by atoms with E-state index in [-0.39, 0.29) is 4.90 Å². The Hall–Kier alpha value is 0.0900. The third-order valence-corrected chi connectivity index (χ3v) is 6.06. The van der Waals surface area contributed by atoms with Crippen molar-refractivity contribution in [2.24, 2.45) is 5.92 Å². The van der Waals surface area contributed by atoms with Crippen LogP contribution in [0.25, 0.3) is 0 Å². The number of nitrogens with one attached hydrogen (secondary N) is 1. The van der Waals surface area contributed by atoms with Crippen LogP contribution in [0.1, 0.15) is 25.8 Å². The zero-order chi connectivity index (χ0) is 13.9. The van der Waals surface area contributed by atoms with Crippen molar-refractivity contribution in [2.75, 3.05) is 6.54 Å². The van der Waals surface area contributed by atoms with E-state index in [1.165, 1.54) is 0 Å². The van der Waals surface area contributed by atoms with Crippen LogP contribution in [-0.4, -0.2) is 15.0 Å². The Morgan fingerprint density at radius 1 is 1.28 bits per heavy atom. The molecule has 1 atom stereocenters. The van der Waals surface area contributed by atoms with Crippen LogP contribution in [0.3, 0.4) is 0 Å². The number of hydrogen-bond acceptors (Lipinski definition) is 2. The van der Waals surface area contributed by atoms with Gasteiger partial charge in [-0.2, -0.15) is 0 Å². The topological polar surface area (TPSA) is 46.2 Å². The minimum atomic E-state index is -3.46. The van der Waals surface area contributed by atoms with Gasteiger partial charge < -0.3 is 0 Å². The molecule has 0 aliphatic carbocycles. The van der Waals surface area contributed by atoms with Crippen molar-refractivity contribution in [1.29, 1.82) is 0 Å². The Balaban J connectivity index is 3.02. The first-order valence-electron chi connectivity index (χ1n) is 5.73. The van der Waals surface area contributed by atoms with Crippen molar-refractivity contribution >= 4 is 41.9 Å². The van der Waals surface area contributed by atoms with Crippen LogP contribution in [0.15, 0.2) is 26.0 Å². The molecule has 1 rings (SSSR count). The number of aryl methyl sites for hydroxylation is 1. The van der Waals surface area contributed by atoms with Crippen molar-refractivity contribution in [3.05, 3.63) is 26.6 Å². The van der Waals surface area contributed by atoms with E-state index in [0.29, 0.717) is 16.9 Å². The molecule has 0 aliphatic rings. The second kappa shape index (κ2) is 6.50. The minimum Gasteiger partial charge on any atom is -0.211 e. The molecular formula is C12H17Br2NO2S. The molecule has 0 spiro atoms. The largest absolute Gasteiger partial charge is 0.241 e. The summed E-state index contributed by atoms with van der Waals surface area (Å²) in [5, 5.41) is 0. The summed E-state index contributed by atoms with van der Waals surface area (Å²) in [6.07, 6.45) is 0.946. The van der Waals surface area contributed by atoms with E-state index in [0.717, 1.165) is 16.5 Å². The second-order valence-corrected chi connectivity index (χ2v) is 7.84. The predicted octanol–water partition coefficient (Wildman–Crippen LogP) is 3.84. The third kappa shape index (κ3) is 4.05. The van der Waals surface area contributed by atoms with Crippen LogP contribution in [0.4, 0.5) is 0 Å². The zero-order valence-corrected chi connectivity index (χ0v) is 14.6. The van der Waals surface area contributed by atoms with Crippen molar-refractivity contribution in [3.8, 4) is 0 Å². The lowest BCUT2D eigenvalue weighted by molar-refractivity contribution is 0.528. The van der Waals surface area contributed by atoms with Crippen molar-refractivity contribution in [3.63, 3.8) is 0 Å². The van der Waals surface area contributed by atoms with Gasteiger partial charge in [-0.3, -0.25) is 0 Å². The molecular weight excluding hydrogens is 382 g/mol. The summed E-state index contributed by atoms with van der Waals surface area (Å²) >= 11 is 6.65. The maximum atomic E-state index is 12.2. The highest BCUT2D eigenvalue weighted by atomic mass is 79.9. The molecule has 0 saturated heterocycles. The molecule has 0 heterocycles. The average molecular weight is 399 g/mol. The first kappa shape index (κ1) is 16.1. The third-order valence-electron chi connectivity index (χ3n) is 2.82. The molecule has 0 saturated carbocycles. The Kier molecular flexibility index (Phi) is 5.83. The normalized spacial score (nSPS) is 13.6. The number of rotatable bonds is 5. The molecule has 6 heteroatoms. The number of sulfonamides is 1. The Bertz CT molecular complexity index is 529. The van der Waals surface area contributed by atoms with Gasteiger partial charge in [0.25, 0.3) is 0 Å². The molecule has 0 fully saturated rings. The van der Waals surface area contributed by atoms with Crippen LogP contribution >= 0.6 is 31.9 Å². The number of benzene rings is 1. The standard InChI is InChI=1S/C12H17Br2NO2S/c1-4-8(2)7-15-18(16,17)12-6-10(13)9(3)5-11(12)14/h5-6,8,15H,4,7H2,1-3H3. The lowest BCUT2D eigenvalue weighted by atomic mass is 10.1. The summed E-state index contributed by atoms with van der Waals surface area (Å²) in [7, 11) is -3.46. The first-order chi connectivity index (χ1) is 8.27. The lowest BCUT2D eigenvalue weighted by Gasteiger charge is -2.13. The molecule has 1 aromatic rings. The highest BCUT2D eigenvalue weighted by molar-refractivity contribution is 9.11. The van der Waals surface area contributed by atoms with Gasteiger partial charge in [-0.25, -0.2) is 13.1 Å². The Morgan fingerprint density at radius 3 is 2.44 bits per heavy atom. The Labute approximate surface area is 126 Å². The van der Waals surface area contributed by atoms with Gasteiger partial charge in [-0.1, -0.05) is 36.2 Å². The van der Waals surface area contributed by atoms with Gasteiger partial charge in [-0.05, 0) is 46.5 Å². The smallest absolute Gasteiger partial charge is 0.211 e. The monoisotopic (exact) mass is 397 g/mol. The quantitative estimate of drug-likeness (QED) is 0.818. The van der Waals surface area contributed by atoms with Crippen molar-refractivity contribution < 1.29 is 8.42 Å². The minimum absolute atomic E-state index is 0.267. The fraction of sp³-hybridized carbons (Fsp3) is 0.500. The summed E-state index contributed by atoms with van der Waals surface area (Å²) in [5.41, 5.74) is 0.989. The van der Waals surface area contributed by atoms with E-state index in [2.05, 4.69) is 36.6 Å². The van der Waals surface area contributed by atoms with Gasteiger partial charge in [0.2, 0.25) is 10.0 Å². The molecule has 102 valence electrons. The fourth-order valence-electron chi connectivity index (χ4n) is 1.31. The molecule has 3 nitrogen and oxygen atoms in total. The molecule has 0 aromatic heterocycles. The molecule has 0 amide bonds. The average Bonchev–Trinajstić information content (AvgIpc) is 2.30. The highest BCUT2D eigenvalue weighted by Crippen LogP contribution is 2.28. The predicted molar refractivity (Wildman–Crippen MR) is 81.2 cm³/mol. The molecule has 1 aromatic carbocycles. The van der Waals surface area contributed by atoms with Gasteiger partial charge in [0, 0.05) is 15.5 Å². The summed E-state index contributed by atoms with van der Waals surface area (Å²) in [6.45, 7) is 6.43. The molecule has 0 aliphatic heterocycles. The van der Waals surface area contributed by atoms with Gasteiger partial charge in [0.1, 0.15) is 0 Å². The van der Waals surface area contributed by atoms with Crippen molar-refractivity contribution in [1.82, 2.24) is 4.72 Å². The van der Waals surface area contributed by atoms with Crippen LogP contribution in [0.5, 0.6) is 0 Å². The van der Waals surface area contributed by atoms with Crippen LogP contribution in [0.2, 0.25) is 0 Å². The number of hydrogen-bond donors (Lipinski definition) is 1. The highest BCUT2D eigenvalue weighted by Gasteiger charge is 2.19. The van der Waals surface area contributed by atoms with E-state index < -0.39 is 10.0 Å². The van der Waals surface area contributed by atoms with Gasteiger partial charge in [0.15, 0.2) is 0 Å². The van der Waals surface area contributed by atoms with Gasteiger partial charge >= 0.3 is 0 Å². The van der Waals surface area contributed by atoms with Crippen molar-refractivity contribution in [2.45, 2.75) is 32.1 Å². The first-order valence-corrected chi connectivity index (χ1v) is 8.80. The fourth-order valence-corrected chi connectivity index (χ4v) is 4.15. The van der Waals surface area contributed by atoms with E-state index in [1.807, 2.05) is 20.8 Å². The zero-order valence-electron chi connectivity index (χ0n) is 10.6. The maximum Gasteiger partial charge on any atom is 0.241 e. The molecule has 1 unspecified atom stereocenters. The van der Waals surface area contributed by atoms with Gasteiger partial charge in [0.05, 0.1) is 4.90 Å². The summed E-state index contributed by atoms with van der Waals surface area (Å²) < 4.78 is 28.4. The molecule has 0 bridgehead atoms. The second-order valence-electron chi connectivity index (χ2n) is 4.40. The summed E-state index contributed by atoms with van der Waals surface area (Å²) in [5.74, 6) is 0.326. The molecule has 1 N–H and O–H groups in total. The van der Waals surface area contributed by atoms with E-state index in [1.54, 1.807) is 12.1 Å². The van der Waals surface area contributed by atoms with E-state index >= 15 is 0 Å².